The molecule has 0 spiro atoms. The fraction of sp³-hybridized carbons (Fsp3) is 0.200. The second-order valence-electron chi connectivity index (χ2n) is 2.83. The van der Waals surface area contributed by atoms with Gasteiger partial charge in [0.2, 0.25) is 28.9 Å². The SMILES string of the molecule is CS(=O)(=O)c1nnc(N(N)c2nnc(Cl)s2)s1. The zero-order valence-electron chi connectivity index (χ0n) is 8.23. The monoisotopic (exact) mass is 312 g/mol. The van der Waals surface area contributed by atoms with E-state index in [2.05, 4.69) is 20.4 Å². The summed E-state index contributed by atoms with van der Waals surface area (Å²) in [4.78, 5) is 0. The van der Waals surface area contributed by atoms with Crippen molar-refractivity contribution in [3.63, 3.8) is 0 Å². The van der Waals surface area contributed by atoms with Crippen LogP contribution >= 0.6 is 34.3 Å². The van der Waals surface area contributed by atoms with Gasteiger partial charge in [-0.3, -0.25) is 0 Å². The number of halogens is 1. The lowest BCUT2D eigenvalue weighted by Crippen LogP contribution is -2.24. The quantitative estimate of drug-likeness (QED) is 0.642. The minimum absolute atomic E-state index is 0.112. The summed E-state index contributed by atoms with van der Waals surface area (Å²) in [5.41, 5.74) is 0. The molecule has 0 aliphatic rings. The van der Waals surface area contributed by atoms with Gasteiger partial charge in [-0.1, -0.05) is 22.7 Å². The second-order valence-corrected chi connectivity index (χ2v) is 7.51. The first-order valence-corrected chi connectivity index (χ1v) is 7.85. The third kappa shape index (κ3) is 2.69. The molecule has 0 amide bonds. The van der Waals surface area contributed by atoms with E-state index >= 15 is 0 Å². The van der Waals surface area contributed by atoms with E-state index in [-0.39, 0.29) is 13.9 Å². The van der Waals surface area contributed by atoms with Crippen LogP contribution in [0.3, 0.4) is 0 Å². The molecule has 0 saturated carbocycles. The minimum Gasteiger partial charge on any atom is -0.239 e. The molecule has 92 valence electrons. The van der Waals surface area contributed by atoms with Gasteiger partial charge in [-0.15, -0.1) is 20.4 Å². The van der Waals surface area contributed by atoms with Crippen molar-refractivity contribution in [2.75, 3.05) is 11.3 Å². The molecule has 0 aliphatic heterocycles. The highest BCUT2D eigenvalue weighted by molar-refractivity contribution is 7.92. The maximum atomic E-state index is 11.2. The van der Waals surface area contributed by atoms with E-state index in [1.807, 2.05) is 0 Å². The zero-order chi connectivity index (χ0) is 12.6. The first-order chi connectivity index (χ1) is 7.88. The summed E-state index contributed by atoms with van der Waals surface area (Å²) in [6, 6.07) is 0. The highest BCUT2D eigenvalue weighted by atomic mass is 35.5. The average molecular weight is 313 g/mol. The predicted octanol–water partition coefficient (Wildman–Crippen LogP) is 0.458. The average Bonchev–Trinajstić information content (AvgIpc) is 2.83. The van der Waals surface area contributed by atoms with Crippen LogP contribution in [0, 0.1) is 0 Å². The lowest BCUT2D eigenvalue weighted by atomic mass is 11.0. The maximum Gasteiger partial charge on any atom is 0.234 e. The highest BCUT2D eigenvalue weighted by Gasteiger charge is 2.19. The van der Waals surface area contributed by atoms with Gasteiger partial charge in [0.25, 0.3) is 0 Å². The van der Waals surface area contributed by atoms with E-state index in [1.54, 1.807) is 0 Å². The summed E-state index contributed by atoms with van der Waals surface area (Å²) in [7, 11) is -3.39. The molecule has 12 heteroatoms. The van der Waals surface area contributed by atoms with Crippen LogP contribution in [0.1, 0.15) is 0 Å². The Balaban J connectivity index is 2.32. The van der Waals surface area contributed by atoms with Crippen LogP contribution in [-0.2, 0) is 9.84 Å². The molecule has 2 N–H and O–H groups in total. The summed E-state index contributed by atoms with van der Waals surface area (Å²) in [5.74, 6) is 5.68. The fourth-order valence-corrected chi connectivity index (χ4v) is 3.15. The Morgan fingerprint density at radius 1 is 1.18 bits per heavy atom. The number of aromatic nitrogens is 4. The second kappa shape index (κ2) is 4.42. The Morgan fingerprint density at radius 3 is 2.24 bits per heavy atom. The number of sulfone groups is 1. The van der Waals surface area contributed by atoms with Crippen molar-refractivity contribution < 1.29 is 8.42 Å². The van der Waals surface area contributed by atoms with Crippen molar-refractivity contribution in [3.8, 4) is 0 Å². The van der Waals surface area contributed by atoms with E-state index in [0.29, 0.717) is 5.13 Å². The van der Waals surface area contributed by atoms with Crippen molar-refractivity contribution in [1.29, 1.82) is 0 Å². The van der Waals surface area contributed by atoms with Crippen LogP contribution in [0.4, 0.5) is 10.3 Å². The molecule has 0 atom stereocenters. The van der Waals surface area contributed by atoms with Crippen LogP contribution in [-0.4, -0.2) is 35.1 Å². The number of hydrazine groups is 1. The van der Waals surface area contributed by atoms with E-state index in [1.165, 1.54) is 0 Å². The lowest BCUT2D eigenvalue weighted by Gasteiger charge is -2.07. The Hall–Kier alpha value is -0.880. The maximum absolute atomic E-state index is 11.2. The smallest absolute Gasteiger partial charge is 0.234 e. The molecule has 2 heterocycles. The summed E-state index contributed by atoms with van der Waals surface area (Å²) < 4.78 is 22.5. The molecular weight excluding hydrogens is 308 g/mol. The lowest BCUT2D eigenvalue weighted by molar-refractivity contribution is 0.600. The third-order valence-corrected chi connectivity index (χ3v) is 5.12. The van der Waals surface area contributed by atoms with Crippen molar-refractivity contribution >= 4 is 54.4 Å². The number of nitrogens with zero attached hydrogens (tertiary/aromatic N) is 5. The molecule has 0 unspecified atom stereocenters. The molecule has 8 nitrogen and oxygen atoms in total. The van der Waals surface area contributed by atoms with Crippen LogP contribution in [0.5, 0.6) is 0 Å². The molecule has 0 fully saturated rings. The summed E-state index contributed by atoms with van der Waals surface area (Å²) >= 11 is 7.48. The van der Waals surface area contributed by atoms with Crippen molar-refractivity contribution in [3.05, 3.63) is 4.47 Å². The third-order valence-electron chi connectivity index (χ3n) is 1.51. The van der Waals surface area contributed by atoms with E-state index in [4.69, 9.17) is 17.4 Å². The Labute approximate surface area is 109 Å². The van der Waals surface area contributed by atoms with Crippen molar-refractivity contribution in [2.24, 2.45) is 5.84 Å². The van der Waals surface area contributed by atoms with Gasteiger partial charge in [0.05, 0.1) is 0 Å². The number of rotatable bonds is 3. The molecule has 17 heavy (non-hydrogen) atoms. The standard InChI is InChI=1S/C5H5ClN6O2S3/c1-17(13,14)5-11-10-4(16-5)12(7)3-9-8-2(6)15-3/h7H2,1H3. The van der Waals surface area contributed by atoms with E-state index in [9.17, 15) is 8.42 Å². The predicted molar refractivity (Wildman–Crippen MR) is 64.3 cm³/mol. The molecule has 0 saturated heterocycles. The van der Waals surface area contributed by atoms with Gasteiger partial charge in [-0.05, 0) is 11.6 Å². The van der Waals surface area contributed by atoms with Crippen LogP contribution in [0.25, 0.3) is 0 Å². The molecule has 0 radical (unpaired) electrons. The van der Waals surface area contributed by atoms with Gasteiger partial charge in [0.15, 0.2) is 0 Å². The van der Waals surface area contributed by atoms with Crippen LogP contribution < -0.4 is 10.9 Å². The van der Waals surface area contributed by atoms with Crippen LogP contribution in [0.2, 0.25) is 4.47 Å². The molecule has 0 aliphatic carbocycles. The fourth-order valence-electron chi connectivity index (χ4n) is 0.827. The molecule has 0 bridgehead atoms. The van der Waals surface area contributed by atoms with Gasteiger partial charge in [0.1, 0.15) is 0 Å². The first-order valence-electron chi connectivity index (χ1n) is 3.95. The Kier molecular flexibility index (Phi) is 3.27. The topological polar surface area (TPSA) is 115 Å². The Morgan fingerprint density at radius 2 is 1.76 bits per heavy atom. The van der Waals surface area contributed by atoms with E-state index < -0.39 is 9.84 Å². The Bertz CT molecular complexity index is 636. The summed E-state index contributed by atoms with van der Waals surface area (Å²) in [6.07, 6.45) is 1.04. The summed E-state index contributed by atoms with van der Waals surface area (Å²) in [6.45, 7) is 0. The molecular formula is C5H5ClN6O2S3. The number of anilines is 2. The van der Waals surface area contributed by atoms with E-state index in [0.717, 1.165) is 33.9 Å². The molecule has 2 rings (SSSR count). The summed E-state index contributed by atoms with van der Waals surface area (Å²) in [5, 5.41) is 16.0. The van der Waals surface area contributed by atoms with Crippen molar-refractivity contribution in [2.45, 2.75) is 4.34 Å². The zero-order valence-corrected chi connectivity index (χ0v) is 11.4. The minimum atomic E-state index is -3.39. The van der Waals surface area contributed by atoms with Crippen molar-refractivity contribution in [1.82, 2.24) is 20.4 Å². The molecule has 0 aromatic carbocycles. The first kappa shape index (κ1) is 12.6. The number of hydrogen-bond acceptors (Lipinski definition) is 10. The molecule has 2 aromatic rings. The normalized spacial score (nSPS) is 11.7. The largest absolute Gasteiger partial charge is 0.239 e. The van der Waals surface area contributed by atoms with Gasteiger partial charge in [-0.2, -0.15) is 0 Å². The van der Waals surface area contributed by atoms with Gasteiger partial charge >= 0.3 is 0 Å². The van der Waals surface area contributed by atoms with Gasteiger partial charge < -0.3 is 0 Å². The molecule has 2 aromatic heterocycles. The van der Waals surface area contributed by atoms with Crippen LogP contribution in [0.15, 0.2) is 4.34 Å². The number of nitrogens with two attached hydrogens (primary N) is 1. The highest BCUT2D eigenvalue weighted by Crippen LogP contribution is 2.30. The number of hydrogen-bond donors (Lipinski definition) is 1. The van der Waals surface area contributed by atoms with Gasteiger partial charge in [0, 0.05) is 6.26 Å². The van der Waals surface area contributed by atoms with Gasteiger partial charge in [-0.25, -0.2) is 19.3 Å².